The predicted molar refractivity (Wildman–Crippen MR) is 108 cm³/mol. The summed E-state index contributed by atoms with van der Waals surface area (Å²) in [5.74, 6) is -1.68. The van der Waals surface area contributed by atoms with E-state index in [2.05, 4.69) is 5.32 Å². The normalized spacial score (nSPS) is 11.4. The number of hydrogen-bond donors (Lipinski definition) is 2. The molecule has 0 spiro atoms. The Morgan fingerprint density at radius 1 is 0.897 bits per heavy atom. The summed E-state index contributed by atoms with van der Waals surface area (Å²) >= 11 is 0. The quantitative estimate of drug-likeness (QED) is 0.472. The van der Waals surface area contributed by atoms with Crippen molar-refractivity contribution in [2.45, 2.75) is 12.5 Å². The number of carboxylic acids is 1. The van der Waals surface area contributed by atoms with Gasteiger partial charge in [0.15, 0.2) is 0 Å². The highest BCUT2D eigenvalue weighted by atomic mass is 16.6. The van der Waals surface area contributed by atoms with E-state index >= 15 is 0 Å². The summed E-state index contributed by atoms with van der Waals surface area (Å²) in [6.07, 6.45) is 0.0150. The topological polar surface area (TPSA) is 110 Å². The molecule has 0 heterocycles. The SMILES string of the molecule is O=C(N[C@H](Cc1ccc([N+](=O)[O-])cc1)C(=O)O)c1ccc(-c2ccccc2)cc1. The van der Waals surface area contributed by atoms with E-state index in [1.807, 2.05) is 30.3 Å². The molecular formula is C22H18N2O5. The van der Waals surface area contributed by atoms with Gasteiger partial charge in [0.1, 0.15) is 6.04 Å². The number of nitro groups is 1. The van der Waals surface area contributed by atoms with Crippen molar-refractivity contribution in [3.63, 3.8) is 0 Å². The van der Waals surface area contributed by atoms with Gasteiger partial charge in [-0.2, -0.15) is 0 Å². The number of carbonyl (C=O) groups is 2. The molecule has 0 saturated heterocycles. The minimum atomic E-state index is -1.18. The second kappa shape index (κ2) is 8.79. The van der Waals surface area contributed by atoms with Crippen LogP contribution >= 0.6 is 0 Å². The maximum Gasteiger partial charge on any atom is 0.326 e. The van der Waals surface area contributed by atoms with E-state index in [9.17, 15) is 24.8 Å². The minimum absolute atomic E-state index is 0.0150. The third kappa shape index (κ3) is 5.04. The zero-order valence-electron chi connectivity index (χ0n) is 15.3. The Morgan fingerprint density at radius 3 is 2.03 bits per heavy atom. The largest absolute Gasteiger partial charge is 0.480 e. The zero-order valence-corrected chi connectivity index (χ0v) is 15.3. The molecule has 0 aliphatic heterocycles. The summed E-state index contributed by atoms with van der Waals surface area (Å²) in [6, 6.07) is 21.0. The fourth-order valence-electron chi connectivity index (χ4n) is 2.88. The molecule has 0 saturated carbocycles. The number of carbonyl (C=O) groups excluding carboxylic acids is 1. The Bertz CT molecular complexity index is 1020. The number of nitrogens with one attached hydrogen (secondary N) is 1. The van der Waals surface area contributed by atoms with Crippen molar-refractivity contribution in [3.8, 4) is 11.1 Å². The van der Waals surface area contributed by atoms with Gasteiger partial charge in [0, 0.05) is 24.1 Å². The van der Waals surface area contributed by atoms with Gasteiger partial charge in [0.05, 0.1) is 4.92 Å². The molecule has 1 atom stereocenters. The van der Waals surface area contributed by atoms with Crippen LogP contribution in [0.4, 0.5) is 5.69 Å². The molecule has 29 heavy (non-hydrogen) atoms. The number of nitro benzene ring substituents is 1. The third-order valence-electron chi connectivity index (χ3n) is 4.44. The molecule has 0 radical (unpaired) electrons. The van der Waals surface area contributed by atoms with Crippen LogP contribution in [0.1, 0.15) is 15.9 Å². The number of aliphatic carboxylic acids is 1. The van der Waals surface area contributed by atoms with Crippen LogP contribution in [-0.2, 0) is 11.2 Å². The van der Waals surface area contributed by atoms with E-state index in [0.29, 0.717) is 11.1 Å². The van der Waals surface area contributed by atoms with E-state index in [-0.39, 0.29) is 12.1 Å². The van der Waals surface area contributed by atoms with E-state index < -0.39 is 22.8 Å². The van der Waals surface area contributed by atoms with Crippen molar-refractivity contribution in [1.29, 1.82) is 0 Å². The Kier molecular flexibility index (Phi) is 5.99. The highest BCUT2D eigenvalue weighted by molar-refractivity contribution is 5.97. The number of benzene rings is 3. The van der Waals surface area contributed by atoms with Gasteiger partial charge >= 0.3 is 5.97 Å². The molecule has 0 unspecified atom stereocenters. The first-order valence-electron chi connectivity index (χ1n) is 8.86. The molecule has 0 bridgehead atoms. The van der Waals surface area contributed by atoms with Gasteiger partial charge in [0.2, 0.25) is 0 Å². The fraction of sp³-hybridized carbons (Fsp3) is 0.0909. The first kappa shape index (κ1) is 19.8. The molecule has 0 fully saturated rings. The molecule has 0 aliphatic carbocycles. The number of rotatable bonds is 7. The average molecular weight is 390 g/mol. The Hall–Kier alpha value is -4.00. The second-order valence-corrected chi connectivity index (χ2v) is 6.44. The molecule has 7 nitrogen and oxygen atoms in total. The number of hydrogen-bond acceptors (Lipinski definition) is 4. The molecule has 146 valence electrons. The van der Waals surface area contributed by atoms with Gasteiger partial charge in [-0.25, -0.2) is 4.79 Å². The van der Waals surface area contributed by atoms with Crippen LogP contribution in [0.25, 0.3) is 11.1 Å². The Morgan fingerprint density at radius 2 is 1.48 bits per heavy atom. The lowest BCUT2D eigenvalue weighted by atomic mass is 10.0. The van der Waals surface area contributed by atoms with Crippen LogP contribution < -0.4 is 5.32 Å². The van der Waals surface area contributed by atoms with Crippen LogP contribution in [0.15, 0.2) is 78.9 Å². The van der Waals surface area contributed by atoms with Gasteiger partial charge in [0.25, 0.3) is 11.6 Å². The number of nitrogens with zero attached hydrogens (tertiary/aromatic N) is 1. The number of carboxylic acid groups (broad SMARTS) is 1. The van der Waals surface area contributed by atoms with Gasteiger partial charge < -0.3 is 10.4 Å². The summed E-state index contributed by atoms with van der Waals surface area (Å²) in [4.78, 5) is 34.2. The predicted octanol–water partition coefficient (Wildman–Crippen LogP) is 3.69. The lowest BCUT2D eigenvalue weighted by molar-refractivity contribution is -0.384. The summed E-state index contributed by atoms with van der Waals surface area (Å²) in [5, 5.41) is 22.7. The van der Waals surface area contributed by atoms with Crippen LogP contribution in [0.5, 0.6) is 0 Å². The first-order valence-corrected chi connectivity index (χ1v) is 8.86. The second-order valence-electron chi connectivity index (χ2n) is 6.44. The van der Waals surface area contributed by atoms with Crippen molar-refractivity contribution in [1.82, 2.24) is 5.32 Å². The first-order chi connectivity index (χ1) is 13.9. The van der Waals surface area contributed by atoms with Crippen molar-refractivity contribution < 1.29 is 19.6 Å². The lowest BCUT2D eigenvalue weighted by Gasteiger charge is -2.15. The van der Waals surface area contributed by atoms with Crippen LogP contribution in [0.3, 0.4) is 0 Å². The number of non-ortho nitro benzene ring substituents is 1. The Balaban J connectivity index is 1.69. The lowest BCUT2D eigenvalue weighted by Crippen LogP contribution is -2.42. The molecule has 0 aromatic heterocycles. The maximum absolute atomic E-state index is 12.5. The van der Waals surface area contributed by atoms with Crippen molar-refractivity contribution in [3.05, 3.63) is 100 Å². The van der Waals surface area contributed by atoms with Crippen molar-refractivity contribution >= 4 is 17.6 Å². The monoisotopic (exact) mass is 390 g/mol. The summed E-state index contributed by atoms with van der Waals surface area (Å²) < 4.78 is 0. The zero-order chi connectivity index (χ0) is 20.8. The molecule has 0 aliphatic rings. The smallest absolute Gasteiger partial charge is 0.326 e. The van der Waals surface area contributed by atoms with Crippen molar-refractivity contribution in [2.24, 2.45) is 0 Å². The Labute approximate surface area is 166 Å². The summed E-state index contributed by atoms with van der Waals surface area (Å²) in [6.45, 7) is 0. The summed E-state index contributed by atoms with van der Waals surface area (Å²) in [5.41, 5.74) is 2.80. The molecule has 1 amide bonds. The van der Waals surface area contributed by atoms with E-state index in [1.54, 1.807) is 24.3 Å². The molecule has 3 rings (SSSR count). The summed E-state index contributed by atoms with van der Waals surface area (Å²) in [7, 11) is 0. The third-order valence-corrected chi connectivity index (χ3v) is 4.44. The molecule has 3 aromatic carbocycles. The van der Waals surface area contributed by atoms with Crippen LogP contribution in [-0.4, -0.2) is 27.9 Å². The molecule has 2 N–H and O–H groups in total. The van der Waals surface area contributed by atoms with Gasteiger partial charge in [-0.15, -0.1) is 0 Å². The minimum Gasteiger partial charge on any atom is -0.480 e. The van der Waals surface area contributed by atoms with Gasteiger partial charge in [-0.3, -0.25) is 14.9 Å². The van der Waals surface area contributed by atoms with Crippen LogP contribution in [0, 0.1) is 10.1 Å². The molecular weight excluding hydrogens is 372 g/mol. The van der Waals surface area contributed by atoms with E-state index in [4.69, 9.17) is 0 Å². The molecule has 7 heteroatoms. The fourth-order valence-corrected chi connectivity index (χ4v) is 2.88. The van der Waals surface area contributed by atoms with Gasteiger partial charge in [-0.1, -0.05) is 54.6 Å². The number of amides is 1. The van der Waals surface area contributed by atoms with E-state index in [1.165, 1.54) is 24.3 Å². The molecule has 3 aromatic rings. The van der Waals surface area contributed by atoms with E-state index in [0.717, 1.165) is 11.1 Å². The standard InChI is InChI=1S/C22H18N2O5/c25-21(18-10-8-17(9-11-18)16-4-2-1-3-5-16)23-20(22(26)27)14-15-6-12-19(13-7-15)24(28)29/h1-13,20H,14H2,(H,23,25)(H,26,27)/t20-/m1/s1. The van der Waals surface area contributed by atoms with Crippen LogP contribution in [0.2, 0.25) is 0 Å². The highest BCUT2D eigenvalue weighted by Crippen LogP contribution is 2.19. The van der Waals surface area contributed by atoms with Crippen molar-refractivity contribution in [2.75, 3.05) is 0 Å². The van der Waals surface area contributed by atoms with Gasteiger partial charge in [-0.05, 0) is 28.8 Å². The average Bonchev–Trinajstić information content (AvgIpc) is 2.74. The maximum atomic E-state index is 12.5. The highest BCUT2D eigenvalue weighted by Gasteiger charge is 2.21.